The Labute approximate surface area is 174 Å². The predicted octanol–water partition coefficient (Wildman–Crippen LogP) is 4.66. The van der Waals surface area contributed by atoms with Crippen LogP contribution in [0.1, 0.15) is 64.0 Å². The van der Waals surface area contributed by atoms with Gasteiger partial charge in [-0.1, -0.05) is 61.8 Å². The smallest absolute Gasteiger partial charge is 0.338 e. The zero-order chi connectivity index (χ0) is 20.8. The maximum absolute atomic E-state index is 14.7. The van der Waals surface area contributed by atoms with Gasteiger partial charge in [0.1, 0.15) is 11.9 Å². The maximum atomic E-state index is 14.7. The highest BCUT2D eigenvalue weighted by atomic mass is 35.5. The van der Waals surface area contributed by atoms with Crippen LogP contribution in [0.5, 0.6) is 0 Å². The molecule has 0 saturated carbocycles. The van der Waals surface area contributed by atoms with Crippen LogP contribution in [0.15, 0.2) is 29.5 Å². The molecule has 7 nitrogen and oxygen atoms in total. The number of halogens is 2. The maximum Gasteiger partial charge on any atom is 0.338 e. The quantitative estimate of drug-likeness (QED) is 0.468. The Hall–Kier alpha value is -2.48. The van der Waals surface area contributed by atoms with Crippen molar-refractivity contribution in [3.63, 3.8) is 0 Å². The van der Waals surface area contributed by atoms with Crippen LogP contribution in [0.3, 0.4) is 0 Å². The number of carbonyl (C=O) groups is 1. The molecule has 1 aliphatic heterocycles. The molecule has 0 saturated heterocycles. The van der Waals surface area contributed by atoms with Gasteiger partial charge >= 0.3 is 5.97 Å². The first-order valence-electron chi connectivity index (χ1n) is 9.91. The van der Waals surface area contributed by atoms with E-state index in [2.05, 4.69) is 27.8 Å². The van der Waals surface area contributed by atoms with E-state index in [1.807, 2.05) is 0 Å². The monoisotopic (exact) mass is 421 g/mol. The Kier molecular flexibility index (Phi) is 7.19. The van der Waals surface area contributed by atoms with Gasteiger partial charge in [0.05, 0.1) is 12.2 Å². The fourth-order valence-corrected chi connectivity index (χ4v) is 3.71. The molecule has 0 aliphatic carbocycles. The zero-order valence-electron chi connectivity index (χ0n) is 16.6. The molecule has 0 spiro atoms. The van der Waals surface area contributed by atoms with Gasteiger partial charge < -0.3 is 10.1 Å². The van der Waals surface area contributed by atoms with Crippen LogP contribution in [0.4, 0.5) is 10.3 Å². The summed E-state index contributed by atoms with van der Waals surface area (Å²) < 4.78 is 21.5. The first-order chi connectivity index (χ1) is 14.0. The molecule has 1 aliphatic rings. The van der Waals surface area contributed by atoms with E-state index in [0.717, 1.165) is 19.3 Å². The number of allylic oxidation sites excluding steroid dienone is 1. The summed E-state index contributed by atoms with van der Waals surface area (Å²) in [6.07, 6.45) is 6.51. The first-order valence-corrected chi connectivity index (χ1v) is 10.3. The Bertz CT molecular complexity index is 878. The van der Waals surface area contributed by atoms with Gasteiger partial charge in [-0.2, -0.15) is 4.68 Å². The fraction of sp³-hybridized carbons (Fsp3) is 0.500. The van der Waals surface area contributed by atoms with E-state index < -0.39 is 17.8 Å². The standard InChI is InChI=1S/C20H25ClFN5O2/c1-3-4-5-6-7-8-12-29-19(28)16-13(2)23-20-24-25-26-27(20)18(16)17-14(21)10-9-11-15(17)22/h9-11,18H,3-8,12H2,1-2H3,(H,23,24,26)/t18-/m0/s1. The molecule has 1 aromatic heterocycles. The molecule has 0 amide bonds. The van der Waals surface area contributed by atoms with Crippen LogP contribution in [0.25, 0.3) is 0 Å². The number of aromatic nitrogens is 4. The van der Waals surface area contributed by atoms with E-state index in [1.54, 1.807) is 13.0 Å². The molecule has 156 valence electrons. The van der Waals surface area contributed by atoms with E-state index in [0.29, 0.717) is 18.3 Å². The van der Waals surface area contributed by atoms with Crippen molar-refractivity contribution in [2.24, 2.45) is 0 Å². The number of unbranched alkanes of at least 4 members (excludes halogenated alkanes) is 5. The van der Waals surface area contributed by atoms with Crippen LogP contribution in [0, 0.1) is 5.82 Å². The van der Waals surface area contributed by atoms with Crippen LogP contribution >= 0.6 is 11.6 Å². The average Bonchev–Trinajstić information content (AvgIpc) is 3.15. The third-order valence-electron chi connectivity index (χ3n) is 4.94. The van der Waals surface area contributed by atoms with E-state index in [-0.39, 0.29) is 16.2 Å². The van der Waals surface area contributed by atoms with Crippen LogP contribution in [-0.4, -0.2) is 32.8 Å². The van der Waals surface area contributed by atoms with Gasteiger partial charge in [0.2, 0.25) is 5.95 Å². The number of anilines is 1. The number of hydrogen-bond acceptors (Lipinski definition) is 6. The second-order valence-corrected chi connectivity index (χ2v) is 7.46. The SMILES string of the molecule is CCCCCCCCOC(=O)C1=C(C)Nc2nnnn2[C@@H]1c1c(F)cccc1Cl. The number of nitrogens with zero attached hydrogens (tertiary/aromatic N) is 4. The number of tetrazole rings is 1. The summed E-state index contributed by atoms with van der Waals surface area (Å²) in [6, 6.07) is 3.46. The Morgan fingerprint density at radius 2 is 2.03 bits per heavy atom. The number of ether oxygens (including phenoxy) is 1. The fourth-order valence-electron chi connectivity index (χ4n) is 3.44. The highest BCUT2D eigenvalue weighted by molar-refractivity contribution is 6.31. The number of nitrogens with one attached hydrogen (secondary N) is 1. The summed E-state index contributed by atoms with van der Waals surface area (Å²) in [5.74, 6) is -0.770. The van der Waals surface area contributed by atoms with Crippen molar-refractivity contribution in [3.8, 4) is 0 Å². The largest absolute Gasteiger partial charge is 0.462 e. The number of esters is 1. The molecule has 0 bridgehead atoms. The molecule has 0 unspecified atom stereocenters. The van der Waals surface area contributed by atoms with E-state index in [4.69, 9.17) is 16.3 Å². The minimum atomic E-state index is -0.910. The van der Waals surface area contributed by atoms with Crippen molar-refractivity contribution in [2.75, 3.05) is 11.9 Å². The second kappa shape index (κ2) is 9.82. The van der Waals surface area contributed by atoms with Crippen molar-refractivity contribution in [2.45, 2.75) is 58.4 Å². The Balaban J connectivity index is 1.79. The van der Waals surface area contributed by atoms with Gasteiger partial charge in [-0.15, -0.1) is 0 Å². The molecular weight excluding hydrogens is 397 g/mol. The minimum Gasteiger partial charge on any atom is -0.462 e. The van der Waals surface area contributed by atoms with Crippen LogP contribution in [-0.2, 0) is 9.53 Å². The normalized spacial score (nSPS) is 15.8. The van der Waals surface area contributed by atoms with Gasteiger partial charge in [-0.05, 0) is 35.9 Å². The molecule has 1 atom stereocenters. The number of hydrogen-bond donors (Lipinski definition) is 1. The third kappa shape index (κ3) is 4.75. The summed E-state index contributed by atoms with van der Waals surface area (Å²) in [6.45, 7) is 4.19. The van der Waals surface area contributed by atoms with Crippen LogP contribution in [0.2, 0.25) is 5.02 Å². The van der Waals surface area contributed by atoms with Gasteiger partial charge in [-0.3, -0.25) is 0 Å². The van der Waals surface area contributed by atoms with Crippen molar-refractivity contribution in [3.05, 3.63) is 45.9 Å². The molecular formula is C20H25ClFN5O2. The third-order valence-corrected chi connectivity index (χ3v) is 5.27. The van der Waals surface area contributed by atoms with Crippen molar-refractivity contribution in [1.29, 1.82) is 0 Å². The zero-order valence-corrected chi connectivity index (χ0v) is 17.4. The summed E-state index contributed by atoms with van der Waals surface area (Å²) in [5.41, 5.74) is 0.877. The molecule has 1 N–H and O–H groups in total. The molecule has 0 fully saturated rings. The van der Waals surface area contributed by atoms with Gasteiger partial charge in [0.15, 0.2) is 0 Å². The lowest BCUT2D eigenvalue weighted by molar-refractivity contribution is -0.139. The van der Waals surface area contributed by atoms with Gasteiger partial charge in [0.25, 0.3) is 0 Å². The Morgan fingerprint density at radius 3 is 2.79 bits per heavy atom. The number of carbonyl (C=O) groups excluding carboxylic acids is 1. The van der Waals surface area contributed by atoms with Crippen molar-refractivity contribution >= 4 is 23.5 Å². The lowest BCUT2D eigenvalue weighted by atomic mass is 9.95. The van der Waals surface area contributed by atoms with Gasteiger partial charge in [0, 0.05) is 16.3 Å². The second-order valence-electron chi connectivity index (χ2n) is 7.05. The highest BCUT2D eigenvalue weighted by Gasteiger charge is 2.37. The van der Waals surface area contributed by atoms with Crippen molar-refractivity contribution < 1.29 is 13.9 Å². The van der Waals surface area contributed by atoms with Crippen molar-refractivity contribution in [1.82, 2.24) is 20.2 Å². The summed E-state index contributed by atoms with van der Waals surface area (Å²) in [5, 5.41) is 14.6. The topological polar surface area (TPSA) is 81.9 Å². The summed E-state index contributed by atoms with van der Waals surface area (Å²) in [7, 11) is 0. The molecule has 2 heterocycles. The molecule has 29 heavy (non-hydrogen) atoms. The lowest BCUT2D eigenvalue weighted by Gasteiger charge is -2.28. The minimum absolute atomic E-state index is 0.134. The molecule has 0 radical (unpaired) electrons. The van der Waals surface area contributed by atoms with Gasteiger partial charge in [-0.25, -0.2) is 9.18 Å². The summed E-state index contributed by atoms with van der Waals surface area (Å²) >= 11 is 6.28. The lowest BCUT2D eigenvalue weighted by Crippen LogP contribution is -2.30. The number of fused-ring (bicyclic) bond motifs is 1. The molecule has 9 heteroatoms. The van der Waals surface area contributed by atoms with E-state index >= 15 is 0 Å². The first kappa shape index (κ1) is 21.2. The van der Waals surface area contributed by atoms with Crippen LogP contribution < -0.4 is 5.32 Å². The summed E-state index contributed by atoms with van der Waals surface area (Å²) in [4.78, 5) is 12.9. The Morgan fingerprint density at radius 1 is 1.28 bits per heavy atom. The number of rotatable bonds is 9. The highest BCUT2D eigenvalue weighted by Crippen LogP contribution is 2.39. The number of benzene rings is 1. The average molecular weight is 422 g/mol. The molecule has 3 rings (SSSR count). The van der Waals surface area contributed by atoms with E-state index in [1.165, 1.54) is 36.1 Å². The predicted molar refractivity (Wildman–Crippen MR) is 108 cm³/mol. The van der Waals surface area contributed by atoms with E-state index in [9.17, 15) is 9.18 Å². The molecule has 1 aromatic carbocycles. The molecule has 2 aromatic rings.